The molecule has 0 bridgehead atoms. The second-order valence-electron chi connectivity index (χ2n) is 4.91. The molecule has 0 aromatic heterocycles. The molecule has 0 aliphatic heterocycles. The summed E-state index contributed by atoms with van der Waals surface area (Å²) in [7, 11) is 1.66. The monoisotopic (exact) mass is 467 g/mol. The first-order chi connectivity index (χ1) is 11.3. The van der Waals surface area contributed by atoms with Crippen LogP contribution in [0.5, 0.6) is 11.5 Å². The molecule has 0 aliphatic carbocycles. The van der Waals surface area contributed by atoms with E-state index >= 15 is 0 Å². The lowest BCUT2D eigenvalue weighted by atomic mass is 10.3. The summed E-state index contributed by atoms with van der Waals surface area (Å²) in [6.07, 6.45) is 4.47. The normalized spacial score (nSPS) is 10.7. The fraction of sp³-hybridized carbons (Fsp3) is 0.588. The Morgan fingerprint density at radius 2 is 1.83 bits per heavy atom. The summed E-state index contributed by atoms with van der Waals surface area (Å²) in [5.74, 6) is 3.73. The van der Waals surface area contributed by atoms with Gasteiger partial charge in [0.05, 0.1) is 13.7 Å². The summed E-state index contributed by atoms with van der Waals surface area (Å²) in [5.41, 5.74) is 0. The zero-order valence-electron chi connectivity index (χ0n) is 14.8. The molecule has 0 radical (unpaired) electrons. The van der Waals surface area contributed by atoms with Crippen LogP contribution in [0.1, 0.15) is 19.8 Å². The van der Waals surface area contributed by atoms with Crippen LogP contribution in [0.15, 0.2) is 29.3 Å². The minimum Gasteiger partial charge on any atom is -0.497 e. The van der Waals surface area contributed by atoms with Crippen LogP contribution in [0.2, 0.25) is 0 Å². The number of guanidine groups is 1. The van der Waals surface area contributed by atoms with Crippen LogP contribution in [-0.2, 0) is 0 Å². The Balaban J connectivity index is 0.00000529. The van der Waals surface area contributed by atoms with Crippen LogP contribution in [0.4, 0.5) is 0 Å². The van der Waals surface area contributed by atoms with Crippen molar-refractivity contribution >= 4 is 41.7 Å². The SMILES string of the molecule is CCNC(=NCCCCSC)NCCOc1ccc(OC)cc1.I. The van der Waals surface area contributed by atoms with Crippen LogP contribution in [0, 0.1) is 0 Å². The van der Waals surface area contributed by atoms with Gasteiger partial charge in [-0.3, -0.25) is 4.99 Å². The maximum Gasteiger partial charge on any atom is 0.191 e. The molecular formula is C17H30IN3O2S. The molecule has 2 N–H and O–H groups in total. The molecule has 0 spiro atoms. The standard InChI is InChI=1S/C17H29N3O2S.HI/c1-4-18-17(19-11-5-6-14-23-3)20-12-13-22-16-9-7-15(21-2)8-10-16;/h7-10H,4-6,11-14H2,1-3H3,(H2,18,19,20);1H. The minimum atomic E-state index is 0. The first kappa shape index (κ1) is 23.2. The third kappa shape index (κ3) is 10.9. The second-order valence-corrected chi connectivity index (χ2v) is 5.90. The van der Waals surface area contributed by atoms with E-state index in [0.717, 1.165) is 37.0 Å². The number of hydrogen-bond donors (Lipinski definition) is 2. The quantitative estimate of drug-likeness (QED) is 0.226. The van der Waals surface area contributed by atoms with Gasteiger partial charge in [-0.2, -0.15) is 11.8 Å². The Morgan fingerprint density at radius 3 is 2.46 bits per heavy atom. The van der Waals surface area contributed by atoms with Crippen LogP contribution in [0.25, 0.3) is 0 Å². The molecule has 0 saturated heterocycles. The van der Waals surface area contributed by atoms with E-state index in [1.165, 1.54) is 12.2 Å². The van der Waals surface area contributed by atoms with Gasteiger partial charge in [0.2, 0.25) is 0 Å². The highest BCUT2D eigenvalue weighted by Crippen LogP contribution is 2.16. The molecule has 0 heterocycles. The van der Waals surface area contributed by atoms with Gasteiger partial charge in [-0.15, -0.1) is 24.0 Å². The zero-order chi connectivity index (χ0) is 16.8. The van der Waals surface area contributed by atoms with Crippen LogP contribution < -0.4 is 20.1 Å². The number of halogens is 1. The Kier molecular flexibility index (Phi) is 15.1. The molecule has 0 atom stereocenters. The number of unbranched alkanes of at least 4 members (excludes halogenated alkanes) is 1. The van der Waals surface area contributed by atoms with E-state index in [1.807, 2.05) is 36.0 Å². The van der Waals surface area contributed by atoms with Crippen molar-refractivity contribution in [2.75, 3.05) is 45.4 Å². The van der Waals surface area contributed by atoms with Crippen LogP contribution in [-0.4, -0.2) is 51.3 Å². The van der Waals surface area contributed by atoms with E-state index in [0.29, 0.717) is 13.2 Å². The molecule has 0 unspecified atom stereocenters. The lowest BCUT2D eigenvalue weighted by molar-refractivity contribution is 0.321. The molecule has 1 rings (SSSR count). The van der Waals surface area contributed by atoms with Gasteiger partial charge < -0.3 is 20.1 Å². The van der Waals surface area contributed by atoms with E-state index in [4.69, 9.17) is 9.47 Å². The average molecular weight is 467 g/mol. The molecule has 5 nitrogen and oxygen atoms in total. The molecule has 1 aromatic rings. The molecule has 24 heavy (non-hydrogen) atoms. The van der Waals surface area contributed by atoms with Crippen LogP contribution in [0.3, 0.4) is 0 Å². The third-order valence-electron chi connectivity index (χ3n) is 3.09. The molecule has 0 fully saturated rings. The fourth-order valence-electron chi connectivity index (χ4n) is 1.90. The first-order valence-electron chi connectivity index (χ1n) is 8.08. The smallest absolute Gasteiger partial charge is 0.191 e. The minimum absolute atomic E-state index is 0. The summed E-state index contributed by atoms with van der Waals surface area (Å²) < 4.78 is 10.8. The number of nitrogens with zero attached hydrogens (tertiary/aromatic N) is 1. The predicted octanol–water partition coefficient (Wildman–Crippen LogP) is 3.39. The number of ether oxygens (including phenoxy) is 2. The topological polar surface area (TPSA) is 54.9 Å². The number of hydrogen-bond acceptors (Lipinski definition) is 4. The molecule has 7 heteroatoms. The van der Waals surface area contributed by atoms with Crippen molar-refractivity contribution in [3.05, 3.63) is 24.3 Å². The number of aliphatic imine (C=N–C) groups is 1. The van der Waals surface area contributed by atoms with Gasteiger partial charge in [0.15, 0.2) is 5.96 Å². The molecule has 1 aromatic carbocycles. The maximum atomic E-state index is 5.69. The number of methoxy groups -OCH3 is 1. The van der Waals surface area contributed by atoms with Gasteiger partial charge >= 0.3 is 0 Å². The highest BCUT2D eigenvalue weighted by atomic mass is 127. The highest BCUT2D eigenvalue weighted by Gasteiger charge is 1.98. The van der Waals surface area contributed by atoms with Crippen molar-refractivity contribution in [1.29, 1.82) is 0 Å². The van der Waals surface area contributed by atoms with Crippen molar-refractivity contribution in [3.8, 4) is 11.5 Å². The van der Waals surface area contributed by atoms with Gasteiger partial charge in [0, 0.05) is 13.1 Å². The number of nitrogens with one attached hydrogen (secondary N) is 2. The molecule has 0 amide bonds. The van der Waals surface area contributed by atoms with Gasteiger partial charge in [0.1, 0.15) is 18.1 Å². The van der Waals surface area contributed by atoms with E-state index in [9.17, 15) is 0 Å². The lowest BCUT2D eigenvalue weighted by Crippen LogP contribution is -2.39. The van der Waals surface area contributed by atoms with Crippen molar-refractivity contribution in [2.24, 2.45) is 4.99 Å². The maximum absolute atomic E-state index is 5.69. The van der Waals surface area contributed by atoms with E-state index in [-0.39, 0.29) is 24.0 Å². The number of benzene rings is 1. The second kappa shape index (κ2) is 15.7. The molecule has 0 saturated carbocycles. The fourth-order valence-corrected chi connectivity index (χ4v) is 2.39. The van der Waals surface area contributed by atoms with Crippen LogP contribution >= 0.6 is 35.7 Å². The zero-order valence-corrected chi connectivity index (χ0v) is 18.0. The van der Waals surface area contributed by atoms with Crippen molar-refractivity contribution in [2.45, 2.75) is 19.8 Å². The summed E-state index contributed by atoms with van der Waals surface area (Å²) in [6, 6.07) is 7.60. The van der Waals surface area contributed by atoms with E-state index in [2.05, 4.69) is 28.8 Å². The number of rotatable bonds is 11. The number of thioether (sulfide) groups is 1. The summed E-state index contributed by atoms with van der Waals surface area (Å²) in [4.78, 5) is 4.57. The predicted molar refractivity (Wildman–Crippen MR) is 116 cm³/mol. The Labute approximate surface area is 167 Å². The molecule has 138 valence electrons. The lowest BCUT2D eigenvalue weighted by Gasteiger charge is -2.12. The summed E-state index contributed by atoms with van der Waals surface area (Å²) in [5, 5.41) is 6.54. The van der Waals surface area contributed by atoms with E-state index in [1.54, 1.807) is 7.11 Å². The summed E-state index contributed by atoms with van der Waals surface area (Å²) >= 11 is 1.88. The van der Waals surface area contributed by atoms with Gasteiger partial charge in [0.25, 0.3) is 0 Å². The van der Waals surface area contributed by atoms with Crippen molar-refractivity contribution in [3.63, 3.8) is 0 Å². The largest absolute Gasteiger partial charge is 0.497 e. The first-order valence-corrected chi connectivity index (χ1v) is 9.47. The van der Waals surface area contributed by atoms with Crippen molar-refractivity contribution in [1.82, 2.24) is 10.6 Å². The van der Waals surface area contributed by atoms with Gasteiger partial charge in [-0.1, -0.05) is 0 Å². The van der Waals surface area contributed by atoms with E-state index < -0.39 is 0 Å². The Bertz CT molecular complexity index is 444. The molecule has 0 aliphatic rings. The van der Waals surface area contributed by atoms with Gasteiger partial charge in [-0.05, 0) is 56.0 Å². The Hall–Kier alpha value is -0.830. The molecular weight excluding hydrogens is 437 g/mol. The third-order valence-corrected chi connectivity index (χ3v) is 3.79. The summed E-state index contributed by atoms with van der Waals surface area (Å²) in [6.45, 7) is 5.08. The average Bonchev–Trinajstić information content (AvgIpc) is 2.59. The highest BCUT2D eigenvalue weighted by molar-refractivity contribution is 14.0. The Morgan fingerprint density at radius 1 is 1.12 bits per heavy atom. The van der Waals surface area contributed by atoms with Gasteiger partial charge in [-0.25, -0.2) is 0 Å². The van der Waals surface area contributed by atoms with Crippen molar-refractivity contribution < 1.29 is 9.47 Å².